The molecule has 4 nitrogen and oxygen atoms in total. The van der Waals surface area contributed by atoms with Gasteiger partial charge >= 0.3 is 0 Å². The van der Waals surface area contributed by atoms with Crippen molar-refractivity contribution in [3.63, 3.8) is 0 Å². The molecule has 2 aliphatic heterocycles. The van der Waals surface area contributed by atoms with Crippen LogP contribution in [0.15, 0.2) is 0 Å². The van der Waals surface area contributed by atoms with Gasteiger partial charge in [0.1, 0.15) is 0 Å². The molecule has 5 heteroatoms. The Kier molecular flexibility index (Phi) is 3.33. The Hall–Kier alpha value is -0.130. The van der Waals surface area contributed by atoms with E-state index in [1.165, 1.54) is 0 Å². The number of sulfone groups is 1. The van der Waals surface area contributed by atoms with Crippen LogP contribution in [0, 0.1) is 5.92 Å². The Balaban J connectivity index is 2.07. The van der Waals surface area contributed by atoms with Gasteiger partial charge in [-0.1, -0.05) is 6.42 Å². The highest BCUT2D eigenvalue weighted by Gasteiger charge is 2.38. The van der Waals surface area contributed by atoms with Crippen molar-refractivity contribution in [1.82, 2.24) is 0 Å². The van der Waals surface area contributed by atoms with Crippen LogP contribution in [0.3, 0.4) is 0 Å². The molecule has 3 unspecified atom stereocenters. The van der Waals surface area contributed by atoms with Gasteiger partial charge in [0.05, 0.1) is 17.6 Å². The number of rotatable bonds is 2. The van der Waals surface area contributed by atoms with Crippen molar-refractivity contribution in [2.45, 2.75) is 37.0 Å². The predicted octanol–water partition coefficient (Wildman–Crippen LogP) is 0.317. The van der Waals surface area contributed by atoms with Crippen LogP contribution in [0.2, 0.25) is 0 Å². The summed E-state index contributed by atoms with van der Waals surface area (Å²) in [4.78, 5) is 0. The Morgan fingerprint density at radius 3 is 2.67 bits per heavy atom. The average Bonchev–Trinajstić information content (AvgIpc) is 2.69. The van der Waals surface area contributed by atoms with E-state index in [0.29, 0.717) is 12.4 Å². The second kappa shape index (κ2) is 4.39. The minimum atomic E-state index is -2.94. The molecule has 15 heavy (non-hydrogen) atoms. The van der Waals surface area contributed by atoms with Crippen molar-refractivity contribution >= 4 is 9.84 Å². The molecule has 0 aromatic rings. The van der Waals surface area contributed by atoms with E-state index in [2.05, 4.69) is 0 Å². The van der Waals surface area contributed by atoms with E-state index >= 15 is 0 Å². The molecule has 0 spiro atoms. The highest BCUT2D eigenvalue weighted by Crippen LogP contribution is 2.27. The minimum absolute atomic E-state index is 0.224. The van der Waals surface area contributed by atoms with Crippen LogP contribution in [-0.4, -0.2) is 38.7 Å². The molecule has 0 radical (unpaired) electrons. The zero-order chi connectivity index (χ0) is 10.9. The fourth-order valence-corrected chi connectivity index (χ4v) is 4.71. The van der Waals surface area contributed by atoms with Crippen LogP contribution in [0.4, 0.5) is 0 Å². The second-order valence-electron chi connectivity index (χ2n) is 4.60. The smallest absolute Gasteiger partial charge is 0.154 e. The quantitative estimate of drug-likeness (QED) is 0.745. The first-order chi connectivity index (χ1) is 7.11. The molecule has 0 aromatic carbocycles. The second-order valence-corrected chi connectivity index (χ2v) is 6.94. The van der Waals surface area contributed by atoms with Gasteiger partial charge in [-0.15, -0.1) is 0 Å². The van der Waals surface area contributed by atoms with Gasteiger partial charge in [-0.25, -0.2) is 8.42 Å². The molecule has 0 bridgehead atoms. The maximum Gasteiger partial charge on any atom is 0.154 e. The van der Waals surface area contributed by atoms with E-state index in [1.54, 1.807) is 0 Å². The molecule has 88 valence electrons. The van der Waals surface area contributed by atoms with Crippen LogP contribution in [0.25, 0.3) is 0 Å². The summed E-state index contributed by atoms with van der Waals surface area (Å²) >= 11 is 0. The highest BCUT2D eigenvalue weighted by atomic mass is 32.2. The first-order valence-electron chi connectivity index (χ1n) is 5.66. The first kappa shape index (κ1) is 11.4. The normalized spacial score (nSPS) is 37.7. The molecule has 3 atom stereocenters. The summed E-state index contributed by atoms with van der Waals surface area (Å²) in [5.41, 5.74) is 6.07. The number of ether oxygens (including phenoxy) is 1. The summed E-state index contributed by atoms with van der Waals surface area (Å²) in [7, 11) is -2.94. The fraction of sp³-hybridized carbons (Fsp3) is 1.00. The zero-order valence-electron chi connectivity index (χ0n) is 8.89. The lowest BCUT2D eigenvalue weighted by Crippen LogP contribution is -2.48. The van der Waals surface area contributed by atoms with Gasteiger partial charge in [0.25, 0.3) is 0 Å². The summed E-state index contributed by atoms with van der Waals surface area (Å²) in [5.74, 6) is 0.557. The first-order valence-corrected chi connectivity index (χ1v) is 7.38. The summed E-state index contributed by atoms with van der Waals surface area (Å²) in [6.07, 6.45) is 3.44. The van der Waals surface area contributed by atoms with Gasteiger partial charge in [-0.05, 0) is 19.3 Å². The van der Waals surface area contributed by atoms with Crippen molar-refractivity contribution in [3.05, 3.63) is 0 Å². The van der Waals surface area contributed by atoms with Crippen molar-refractivity contribution in [1.29, 1.82) is 0 Å². The minimum Gasteiger partial charge on any atom is -0.381 e. The molecular formula is C10H19NO3S. The van der Waals surface area contributed by atoms with Crippen molar-refractivity contribution in [2.24, 2.45) is 11.7 Å². The Bertz CT molecular complexity index is 309. The molecular weight excluding hydrogens is 214 g/mol. The molecule has 2 rings (SSSR count). The van der Waals surface area contributed by atoms with E-state index < -0.39 is 9.84 Å². The SMILES string of the molecule is NC(C1CCOC1)C1CCCCS1(=O)=O. The molecule has 2 saturated heterocycles. The van der Waals surface area contributed by atoms with Gasteiger partial charge in [0, 0.05) is 18.6 Å². The van der Waals surface area contributed by atoms with Gasteiger partial charge in [0.2, 0.25) is 0 Å². The molecule has 2 fully saturated rings. The van der Waals surface area contributed by atoms with E-state index in [9.17, 15) is 8.42 Å². The maximum absolute atomic E-state index is 11.9. The van der Waals surface area contributed by atoms with E-state index in [0.717, 1.165) is 32.3 Å². The van der Waals surface area contributed by atoms with Crippen molar-refractivity contribution in [3.8, 4) is 0 Å². The van der Waals surface area contributed by atoms with Crippen molar-refractivity contribution < 1.29 is 13.2 Å². The molecule has 0 aromatic heterocycles. The lowest BCUT2D eigenvalue weighted by atomic mass is 9.94. The maximum atomic E-state index is 11.9. The molecule has 0 saturated carbocycles. The topological polar surface area (TPSA) is 69.4 Å². The van der Waals surface area contributed by atoms with Crippen LogP contribution >= 0.6 is 0 Å². The predicted molar refractivity (Wildman–Crippen MR) is 58.3 cm³/mol. The van der Waals surface area contributed by atoms with Gasteiger partial charge in [-0.3, -0.25) is 0 Å². The average molecular weight is 233 g/mol. The molecule has 0 aliphatic carbocycles. The third-order valence-electron chi connectivity index (χ3n) is 3.57. The van der Waals surface area contributed by atoms with Crippen LogP contribution in [-0.2, 0) is 14.6 Å². The third-order valence-corrected chi connectivity index (χ3v) is 5.90. The highest BCUT2D eigenvalue weighted by molar-refractivity contribution is 7.92. The molecule has 2 heterocycles. The van der Waals surface area contributed by atoms with Gasteiger partial charge in [-0.2, -0.15) is 0 Å². The lowest BCUT2D eigenvalue weighted by molar-refractivity contribution is 0.179. The van der Waals surface area contributed by atoms with Gasteiger partial charge < -0.3 is 10.5 Å². The summed E-state index contributed by atoms with van der Waals surface area (Å²) in [5, 5.41) is -0.321. The van der Waals surface area contributed by atoms with Crippen LogP contribution < -0.4 is 5.73 Å². The monoisotopic (exact) mass is 233 g/mol. The van der Waals surface area contributed by atoms with E-state index in [-0.39, 0.29) is 17.2 Å². The van der Waals surface area contributed by atoms with Crippen LogP contribution in [0.5, 0.6) is 0 Å². The molecule has 0 amide bonds. The number of nitrogens with two attached hydrogens (primary N) is 1. The molecule has 2 N–H and O–H groups in total. The number of hydrogen-bond donors (Lipinski definition) is 1. The fourth-order valence-electron chi connectivity index (χ4n) is 2.57. The van der Waals surface area contributed by atoms with E-state index in [1.807, 2.05) is 0 Å². The largest absolute Gasteiger partial charge is 0.381 e. The van der Waals surface area contributed by atoms with E-state index in [4.69, 9.17) is 10.5 Å². The zero-order valence-corrected chi connectivity index (χ0v) is 9.71. The summed E-state index contributed by atoms with van der Waals surface area (Å²) in [6, 6.07) is -0.224. The van der Waals surface area contributed by atoms with Crippen LogP contribution in [0.1, 0.15) is 25.7 Å². The van der Waals surface area contributed by atoms with Crippen molar-refractivity contribution in [2.75, 3.05) is 19.0 Å². The van der Waals surface area contributed by atoms with Gasteiger partial charge in [0.15, 0.2) is 9.84 Å². The summed E-state index contributed by atoms with van der Waals surface area (Å²) < 4.78 is 29.0. The Morgan fingerprint density at radius 1 is 1.27 bits per heavy atom. The Labute approximate surface area is 91.1 Å². The lowest BCUT2D eigenvalue weighted by Gasteiger charge is -2.30. The Morgan fingerprint density at radius 2 is 2.07 bits per heavy atom. The summed E-state index contributed by atoms with van der Waals surface area (Å²) in [6.45, 7) is 1.36. The molecule has 2 aliphatic rings. The third kappa shape index (κ3) is 2.34. The standard InChI is InChI=1S/C10H19NO3S/c11-10(8-4-5-14-7-8)9-3-1-2-6-15(9,12)13/h8-10H,1-7,11H2. The number of hydrogen-bond acceptors (Lipinski definition) is 4.